The van der Waals surface area contributed by atoms with Crippen LogP contribution in [0.25, 0.3) is 0 Å². The highest BCUT2D eigenvalue weighted by molar-refractivity contribution is 8.00. The van der Waals surface area contributed by atoms with Gasteiger partial charge in [-0.15, -0.1) is 11.8 Å². The van der Waals surface area contributed by atoms with Gasteiger partial charge in [-0.05, 0) is 37.4 Å². The average Bonchev–Trinajstić information content (AvgIpc) is 3.03. The minimum absolute atomic E-state index is 0.364. The molecule has 1 heterocycles. The summed E-state index contributed by atoms with van der Waals surface area (Å²) in [4.78, 5) is 23.6. The Kier molecular flexibility index (Phi) is 6.56. The molecule has 0 unspecified atom stereocenters. The molecule has 0 amide bonds. The second-order valence-corrected chi connectivity index (χ2v) is 7.50. The van der Waals surface area contributed by atoms with Crippen molar-refractivity contribution in [2.45, 2.75) is 37.3 Å². The van der Waals surface area contributed by atoms with Gasteiger partial charge in [0, 0.05) is 11.5 Å². The number of ether oxygens (including phenoxy) is 1. The lowest BCUT2D eigenvalue weighted by atomic mass is 10.1. The molecule has 1 saturated heterocycles. The molecule has 1 aliphatic heterocycles. The smallest absolute Gasteiger partial charge is 0.344 e. The third-order valence-electron chi connectivity index (χ3n) is 4.05. The summed E-state index contributed by atoms with van der Waals surface area (Å²) in [5.41, 5.74) is 2.38. The third-order valence-corrected chi connectivity index (χ3v) is 6.06. The Morgan fingerprint density at radius 2 is 2.17 bits per heavy atom. The Morgan fingerprint density at radius 1 is 1.43 bits per heavy atom. The topological polar surface area (TPSA) is 55.4 Å². The molecule has 0 radical (unpaired) electrons. The van der Waals surface area contributed by atoms with Crippen LogP contribution in [0.4, 0.5) is 0 Å². The average molecular weight is 354 g/mol. The minimum atomic E-state index is -0.825. The van der Waals surface area contributed by atoms with Crippen LogP contribution in [0.3, 0.4) is 0 Å². The summed E-state index contributed by atoms with van der Waals surface area (Å²) in [5, 5.41) is 3.24. The van der Waals surface area contributed by atoms with E-state index in [4.69, 9.17) is 4.74 Å². The van der Waals surface area contributed by atoms with E-state index >= 15 is 0 Å². The molecular weight excluding hydrogens is 330 g/mol. The van der Waals surface area contributed by atoms with E-state index in [1.165, 1.54) is 22.9 Å². The molecule has 23 heavy (non-hydrogen) atoms. The Balaban J connectivity index is 2.05. The highest BCUT2D eigenvalue weighted by atomic mass is 32.2. The molecule has 1 N–H and O–H groups in total. The zero-order valence-corrected chi connectivity index (χ0v) is 15.2. The first-order valence-corrected chi connectivity index (χ1v) is 9.41. The molecule has 1 aliphatic rings. The second-order valence-electron chi connectivity index (χ2n) is 5.86. The van der Waals surface area contributed by atoms with Gasteiger partial charge in [0.25, 0.3) is 0 Å². The van der Waals surface area contributed by atoms with E-state index in [2.05, 4.69) is 37.0 Å². The van der Waals surface area contributed by atoms with Gasteiger partial charge in [0.15, 0.2) is 4.87 Å². The molecule has 2 atom stereocenters. The Hall–Kier alpha value is -0.980. The molecule has 6 heteroatoms. The largest absolute Gasteiger partial charge is 0.391 e. The van der Waals surface area contributed by atoms with Gasteiger partial charge in [-0.1, -0.05) is 31.2 Å². The van der Waals surface area contributed by atoms with E-state index in [1.54, 1.807) is 6.92 Å². The lowest BCUT2D eigenvalue weighted by Crippen LogP contribution is -2.47. The summed E-state index contributed by atoms with van der Waals surface area (Å²) in [6, 6.07) is 8.11. The predicted octanol–water partition coefficient (Wildman–Crippen LogP) is 2.94. The summed E-state index contributed by atoms with van der Waals surface area (Å²) in [7, 11) is 0. The Morgan fingerprint density at radius 3 is 2.78 bits per heavy atom. The molecule has 0 bridgehead atoms. The van der Waals surface area contributed by atoms with Crippen molar-refractivity contribution in [3.63, 3.8) is 0 Å². The maximum atomic E-state index is 12.6. The Bertz CT molecular complexity index is 571. The van der Waals surface area contributed by atoms with E-state index in [1.807, 2.05) is 12.1 Å². The van der Waals surface area contributed by atoms with Gasteiger partial charge in [-0.3, -0.25) is 10.1 Å². The fraction of sp³-hybridized carbons (Fsp3) is 0.529. The van der Waals surface area contributed by atoms with Crippen LogP contribution in [-0.4, -0.2) is 29.1 Å². The van der Waals surface area contributed by atoms with Gasteiger partial charge in [0.2, 0.25) is 0 Å². The molecular formula is C17H23NO3S2. The molecule has 1 fully saturated rings. The van der Waals surface area contributed by atoms with E-state index in [-0.39, 0.29) is 5.92 Å². The van der Waals surface area contributed by atoms with Crippen LogP contribution >= 0.6 is 24.4 Å². The SMILES string of the molecule is Cc1ccccc1CS[C@]1(C(=O)OC(=O)[C@H](C)CS)CCCN1. The van der Waals surface area contributed by atoms with Crippen LogP contribution < -0.4 is 5.32 Å². The molecule has 0 saturated carbocycles. The Labute approximate surface area is 147 Å². The molecule has 4 nitrogen and oxygen atoms in total. The molecule has 0 aliphatic carbocycles. The fourth-order valence-corrected chi connectivity index (χ4v) is 3.92. The van der Waals surface area contributed by atoms with Crippen LogP contribution in [0, 0.1) is 12.8 Å². The number of nitrogens with one attached hydrogen (secondary N) is 1. The van der Waals surface area contributed by atoms with Crippen molar-refractivity contribution in [1.82, 2.24) is 5.32 Å². The number of carbonyl (C=O) groups is 2. The predicted molar refractivity (Wildman–Crippen MR) is 96.6 cm³/mol. The van der Waals surface area contributed by atoms with Crippen LogP contribution in [0.1, 0.15) is 30.9 Å². The molecule has 0 aromatic heterocycles. The molecule has 2 rings (SSSR count). The standard InChI is InChI=1S/C17H23NO3S2/c1-12-6-3-4-7-14(12)11-23-17(8-5-9-18-17)16(20)21-15(19)13(2)10-22/h3-4,6-7,13,18,22H,5,8-11H2,1-2H3/t13-,17+/m1/s1. The van der Waals surface area contributed by atoms with Crippen molar-refractivity contribution >= 4 is 36.3 Å². The first-order chi connectivity index (χ1) is 11.0. The van der Waals surface area contributed by atoms with Gasteiger partial charge < -0.3 is 4.74 Å². The zero-order valence-electron chi connectivity index (χ0n) is 13.5. The summed E-state index contributed by atoms with van der Waals surface area (Å²) >= 11 is 5.59. The number of hydrogen-bond donors (Lipinski definition) is 2. The van der Waals surface area contributed by atoms with Crippen molar-refractivity contribution in [3.8, 4) is 0 Å². The maximum absolute atomic E-state index is 12.6. The summed E-state index contributed by atoms with van der Waals surface area (Å²) in [5.74, 6) is -0.308. The fourth-order valence-electron chi connectivity index (χ4n) is 2.39. The van der Waals surface area contributed by atoms with Crippen molar-refractivity contribution in [2.24, 2.45) is 5.92 Å². The first kappa shape index (κ1) is 18.4. The summed E-state index contributed by atoms with van der Waals surface area (Å²) < 4.78 is 5.10. The van der Waals surface area contributed by atoms with E-state index < -0.39 is 16.8 Å². The number of rotatable bonds is 6. The number of thioether (sulfide) groups is 1. The molecule has 126 valence electrons. The monoisotopic (exact) mass is 353 g/mol. The van der Waals surface area contributed by atoms with E-state index in [9.17, 15) is 9.59 Å². The van der Waals surface area contributed by atoms with Gasteiger partial charge in [0.05, 0.1) is 5.92 Å². The van der Waals surface area contributed by atoms with Crippen LogP contribution in [0.15, 0.2) is 24.3 Å². The number of aryl methyl sites for hydroxylation is 1. The number of hydrogen-bond acceptors (Lipinski definition) is 6. The summed E-state index contributed by atoms with van der Waals surface area (Å²) in [6.45, 7) is 4.52. The zero-order chi connectivity index (χ0) is 16.9. The number of thiol groups is 1. The number of benzene rings is 1. The highest BCUT2D eigenvalue weighted by Crippen LogP contribution is 2.36. The second kappa shape index (κ2) is 8.22. The van der Waals surface area contributed by atoms with Crippen LogP contribution in [-0.2, 0) is 20.1 Å². The van der Waals surface area contributed by atoms with Crippen molar-refractivity contribution in [1.29, 1.82) is 0 Å². The van der Waals surface area contributed by atoms with Gasteiger partial charge in [0.1, 0.15) is 0 Å². The molecule has 1 aromatic carbocycles. The lowest BCUT2D eigenvalue weighted by Gasteiger charge is -2.26. The third kappa shape index (κ3) is 4.52. The number of esters is 2. The number of carbonyl (C=O) groups excluding carboxylic acids is 2. The van der Waals surface area contributed by atoms with Crippen LogP contribution in [0.5, 0.6) is 0 Å². The van der Waals surface area contributed by atoms with Crippen molar-refractivity contribution < 1.29 is 14.3 Å². The first-order valence-electron chi connectivity index (χ1n) is 7.79. The van der Waals surface area contributed by atoms with Gasteiger partial charge in [-0.2, -0.15) is 12.6 Å². The van der Waals surface area contributed by atoms with Crippen molar-refractivity contribution in [3.05, 3.63) is 35.4 Å². The van der Waals surface area contributed by atoms with E-state index in [0.717, 1.165) is 13.0 Å². The van der Waals surface area contributed by atoms with E-state index in [0.29, 0.717) is 17.9 Å². The van der Waals surface area contributed by atoms with Crippen molar-refractivity contribution in [2.75, 3.05) is 12.3 Å². The lowest BCUT2D eigenvalue weighted by molar-refractivity contribution is -0.163. The quantitative estimate of drug-likeness (QED) is 0.468. The molecule has 0 spiro atoms. The maximum Gasteiger partial charge on any atom is 0.344 e. The summed E-state index contributed by atoms with van der Waals surface area (Å²) in [6.07, 6.45) is 1.57. The van der Waals surface area contributed by atoms with Gasteiger partial charge in [-0.25, -0.2) is 4.79 Å². The van der Waals surface area contributed by atoms with Gasteiger partial charge >= 0.3 is 11.9 Å². The molecule has 1 aromatic rings. The minimum Gasteiger partial charge on any atom is -0.391 e. The highest BCUT2D eigenvalue weighted by Gasteiger charge is 2.44. The normalized spacial score (nSPS) is 21.9. The van der Waals surface area contributed by atoms with Crippen LogP contribution in [0.2, 0.25) is 0 Å².